The number of hydrogen-bond acceptors (Lipinski definition) is 3. The number of pyridine rings is 1. The first kappa shape index (κ1) is 19.1. The topological polar surface area (TPSA) is 36.4 Å². The first-order valence-electron chi connectivity index (χ1n) is 10.3. The summed E-state index contributed by atoms with van der Waals surface area (Å²) in [7, 11) is 0. The molecule has 1 N–H and O–H groups in total. The van der Waals surface area contributed by atoms with Gasteiger partial charge in [-0.15, -0.1) is 0 Å². The van der Waals surface area contributed by atoms with Crippen molar-refractivity contribution in [2.24, 2.45) is 0 Å². The highest BCUT2D eigenvalue weighted by molar-refractivity contribution is 6.35. The molecular formula is C26H23ClN2O. The molecule has 3 aromatic carbocycles. The van der Waals surface area contributed by atoms with E-state index in [2.05, 4.69) is 59.3 Å². The van der Waals surface area contributed by atoms with Gasteiger partial charge in [0.05, 0.1) is 5.02 Å². The maximum absolute atomic E-state index is 10.8. The summed E-state index contributed by atoms with van der Waals surface area (Å²) in [6, 6.07) is 23.1. The average Bonchev–Trinajstić information content (AvgIpc) is 2.79. The standard InChI is InChI=1S/C26H23ClN2O/c1-17-23-14-20(18-6-3-2-4-7-18)10-9-19(23)11-13-29(17)16-21-15-24(27)22-8-5-12-28-25(22)26(21)30/h2-10,12,14-15,17,30H,11,13,16H2,1H3. The van der Waals surface area contributed by atoms with Gasteiger partial charge in [-0.25, -0.2) is 0 Å². The van der Waals surface area contributed by atoms with Crippen LogP contribution in [0.4, 0.5) is 0 Å². The second kappa shape index (κ2) is 7.75. The molecule has 2 heterocycles. The van der Waals surface area contributed by atoms with Gasteiger partial charge >= 0.3 is 0 Å². The van der Waals surface area contributed by atoms with Gasteiger partial charge < -0.3 is 5.11 Å². The third kappa shape index (κ3) is 3.34. The lowest BCUT2D eigenvalue weighted by molar-refractivity contribution is 0.188. The van der Waals surface area contributed by atoms with Crippen molar-refractivity contribution in [2.45, 2.75) is 25.9 Å². The predicted molar refractivity (Wildman–Crippen MR) is 123 cm³/mol. The van der Waals surface area contributed by atoms with Crippen LogP contribution in [-0.4, -0.2) is 21.5 Å². The number of phenols is 1. The molecule has 0 radical (unpaired) electrons. The summed E-state index contributed by atoms with van der Waals surface area (Å²) in [5.74, 6) is 0.228. The van der Waals surface area contributed by atoms with Gasteiger partial charge in [-0.1, -0.05) is 54.1 Å². The monoisotopic (exact) mass is 414 g/mol. The third-order valence-electron chi connectivity index (χ3n) is 6.19. The van der Waals surface area contributed by atoms with Gasteiger partial charge in [0.25, 0.3) is 0 Å². The number of rotatable bonds is 3. The van der Waals surface area contributed by atoms with E-state index in [1.54, 1.807) is 6.20 Å². The molecule has 5 rings (SSSR count). The zero-order valence-electron chi connectivity index (χ0n) is 16.8. The Morgan fingerprint density at radius 3 is 2.70 bits per heavy atom. The number of benzene rings is 3. The van der Waals surface area contributed by atoms with Crippen LogP contribution in [0.15, 0.2) is 72.9 Å². The second-order valence-electron chi connectivity index (χ2n) is 7.94. The number of aromatic hydroxyl groups is 1. The SMILES string of the molecule is CC1c2cc(-c3ccccc3)ccc2CCN1Cc1cc(Cl)c2cccnc2c1O. The Balaban J connectivity index is 1.47. The summed E-state index contributed by atoms with van der Waals surface area (Å²) in [4.78, 5) is 6.74. The van der Waals surface area contributed by atoms with Crippen molar-refractivity contribution in [1.29, 1.82) is 0 Å². The van der Waals surface area contributed by atoms with Gasteiger partial charge in [0.1, 0.15) is 11.3 Å². The smallest absolute Gasteiger partial charge is 0.146 e. The molecule has 1 aliphatic heterocycles. The van der Waals surface area contributed by atoms with Crippen molar-refractivity contribution in [1.82, 2.24) is 9.88 Å². The minimum absolute atomic E-state index is 0.228. The molecule has 1 atom stereocenters. The van der Waals surface area contributed by atoms with Crippen molar-refractivity contribution in [3.8, 4) is 16.9 Å². The predicted octanol–water partition coefficient (Wildman–Crippen LogP) is 6.38. The van der Waals surface area contributed by atoms with Crippen molar-refractivity contribution >= 4 is 22.5 Å². The molecule has 3 nitrogen and oxygen atoms in total. The molecule has 1 aliphatic rings. The molecule has 0 aliphatic carbocycles. The van der Waals surface area contributed by atoms with Crippen LogP contribution in [0.25, 0.3) is 22.0 Å². The molecule has 30 heavy (non-hydrogen) atoms. The lowest BCUT2D eigenvalue weighted by atomic mass is 9.90. The number of fused-ring (bicyclic) bond motifs is 2. The van der Waals surface area contributed by atoms with Crippen LogP contribution in [0.1, 0.15) is 29.7 Å². The lowest BCUT2D eigenvalue weighted by Crippen LogP contribution is -2.33. The van der Waals surface area contributed by atoms with Crippen LogP contribution in [0, 0.1) is 0 Å². The molecule has 4 aromatic rings. The van der Waals surface area contributed by atoms with Crippen LogP contribution >= 0.6 is 11.6 Å². The summed E-state index contributed by atoms with van der Waals surface area (Å²) < 4.78 is 0. The summed E-state index contributed by atoms with van der Waals surface area (Å²) in [6.07, 6.45) is 2.68. The Hall–Kier alpha value is -2.88. The molecule has 0 spiro atoms. The number of hydrogen-bond donors (Lipinski definition) is 1. The normalized spacial score (nSPS) is 16.5. The van der Waals surface area contributed by atoms with Crippen molar-refractivity contribution in [3.63, 3.8) is 0 Å². The van der Waals surface area contributed by atoms with E-state index in [4.69, 9.17) is 11.6 Å². The van der Waals surface area contributed by atoms with Crippen LogP contribution in [0.3, 0.4) is 0 Å². The molecule has 1 aromatic heterocycles. The van der Waals surface area contributed by atoms with Crippen LogP contribution < -0.4 is 0 Å². The molecule has 0 bridgehead atoms. The molecule has 0 saturated carbocycles. The highest BCUT2D eigenvalue weighted by Crippen LogP contribution is 2.37. The molecule has 4 heteroatoms. The van der Waals surface area contributed by atoms with Crippen LogP contribution in [0.5, 0.6) is 5.75 Å². The fraction of sp³-hybridized carbons (Fsp3) is 0.192. The Labute approximate surface area is 181 Å². The molecule has 0 fully saturated rings. The van der Waals surface area contributed by atoms with E-state index in [1.165, 1.54) is 22.3 Å². The van der Waals surface area contributed by atoms with E-state index >= 15 is 0 Å². The van der Waals surface area contributed by atoms with E-state index in [0.717, 1.165) is 23.9 Å². The Kier molecular flexibility index (Phi) is 4.93. The summed E-state index contributed by atoms with van der Waals surface area (Å²) in [5, 5.41) is 12.2. The molecule has 1 unspecified atom stereocenters. The van der Waals surface area contributed by atoms with Crippen molar-refractivity contribution in [2.75, 3.05) is 6.54 Å². The molecule has 150 valence electrons. The maximum atomic E-state index is 10.8. The third-order valence-corrected chi connectivity index (χ3v) is 6.50. The first-order chi connectivity index (χ1) is 14.6. The van der Waals surface area contributed by atoms with E-state index in [1.807, 2.05) is 24.3 Å². The summed E-state index contributed by atoms with van der Waals surface area (Å²) >= 11 is 6.49. The number of nitrogens with zero attached hydrogens (tertiary/aromatic N) is 2. The zero-order chi connectivity index (χ0) is 20.7. The van der Waals surface area contributed by atoms with E-state index in [0.29, 0.717) is 17.1 Å². The van der Waals surface area contributed by atoms with E-state index in [-0.39, 0.29) is 11.8 Å². The number of phenolic OH excluding ortho intramolecular Hbond substituents is 1. The molecule has 0 amide bonds. The van der Waals surface area contributed by atoms with Crippen molar-refractivity contribution in [3.05, 3.63) is 94.6 Å². The minimum atomic E-state index is 0.228. The van der Waals surface area contributed by atoms with Gasteiger partial charge in [0.15, 0.2) is 0 Å². The van der Waals surface area contributed by atoms with Gasteiger partial charge in [0, 0.05) is 36.3 Å². The van der Waals surface area contributed by atoms with Gasteiger partial charge in [-0.05, 0) is 59.9 Å². The van der Waals surface area contributed by atoms with E-state index in [9.17, 15) is 5.11 Å². The fourth-order valence-electron chi connectivity index (χ4n) is 4.47. The van der Waals surface area contributed by atoms with E-state index < -0.39 is 0 Å². The highest BCUT2D eigenvalue weighted by Gasteiger charge is 2.25. The minimum Gasteiger partial charge on any atom is -0.505 e. The van der Waals surface area contributed by atoms with Gasteiger partial charge in [0.2, 0.25) is 0 Å². The molecular weight excluding hydrogens is 392 g/mol. The summed E-state index contributed by atoms with van der Waals surface area (Å²) in [6.45, 7) is 3.81. The van der Waals surface area contributed by atoms with Crippen molar-refractivity contribution < 1.29 is 5.11 Å². The Morgan fingerprint density at radius 1 is 1.03 bits per heavy atom. The highest BCUT2D eigenvalue weighted by atomic mass is 35.5. The average molecular weight is 415 g/mol. The number of aromatic nitrogens is 1. The largest absolute Gasteiger partial charge is 0.505 e. The number of halogens is 1. The summed E-state index contributed by atoms with van der Waals surface area (Å²) in [5.41, 5.74) is 6.61. The quantitative estimate of drug-likeness (QED) is 0.422. The lowest BCUT2D eigenvalue weighted by Gasteiger charge is -2.36. The van der Waals surface area contributed by atoms with Crippen LogP contribution in [0.2, 0.25) is 5.02 Å². The Morgan fingerprint density at radius 2 is 1.87 bits per heavy atom. The maximum Gasteiger partial charge on any atom is 0.146 e. The zero-order valence-corrected chi connectivity index (χ0v) is 17.6. The fourth-order valence-corrected chi connectivity index (χ4v) is 4.75. The van der Waals surface area contributed by atoms with Crippen LogP contribution in [-0.2, 0) is 13.0 Å². The Bertz CT molecular complexity index is 1220. The second-order valence-corrected chi connectivity index (χ2v) is 8.35. The molecule has 0 saturated heterocycles. The van der Waals surface area contributed by atoms with Gasteiger partial charge in [-0.3, -0.25) is 9.88 Å². The van der Waals surface area contributed by atoms with Gasteiger partial charge in [-0.2, -0.15) is 0 Å². The first-order valence-corrected chi connectivity index (χ1v) is 10.7.